The number of esters is 1. The molecule has 0 saturated heterocycles. The second kappa shape index (κ2) is 11.7. The van der Waals surface area contributed by atoms with Crippen LogP contribution in [0.2, 0.25) is 0 Å². The van der Waals surface area contributed by atoms with E-state index < -0.39 is 5.97 Å². The summed E-state index contributed by atoms with van der Waals surface area (Å²) in [6.45, 7) is 7.09. The van der Waals surface area contributed by atoms with E-state index in [1.807, 2.05) is 37.3 Å². The van der Waals surface area contributed by atoms with Crippen LogP contribution in [0.4, 0.5) is 0 Å². The van der Waals surface area contributed by atoms with Crippen LogP contribution in [0.5, 0.6) is 5.75 Å². The number of carbonyl (C=O) groups is 2. The van der Waals surface area contributed by atoms with Crippen molar-refractivity contribution in [2.24, 2.45) is 5.92 Å². The molecule has 0 atom stereocenters. The van der Waals surface area contributed by atoms with E-state index in [1.165, 1.54) is 0 Å². The smallest absolute Gasteiger partial charge is 0.354 e. The number of ether oxygens (including phenoxy) is 2. The molecule has 0 unspecified atom stereocenters. The average molecular weight is 395 g/mol. The number of benzene rings is 2. The topological polar surface area (TPSA) is 64.6 Å². The van der Waals surface area contributed by atoms with Crippen molar-refractivity contribution in [3.63, 3.8) is 0 Å². The monoisotopic (exact) mass is 395 g/mol. The number of unbranched alkanes of at least 4 members (excludes halogenated alkanes) is 1. The third kappa shape index (κ3) is 7.82. The van der Waals surface area contributed by atoms with Crippen LogP contribution in [-0.4, -0.2) is 25.1 Å². The highest BCUT2D eigenvalue weighted by atomic mass is 16.5. The lowest BCUT2D eigenvalue weighted by atomic mass is 10.1. The minimum Gasteiger partial charge on any atom is -0.493 e. The van der Waals surface area contributed by atoms with Crippen molar-refractivity contribution in [1.29, 1.82) is 0 Å². The molecular formula is C24H29NO4. The van der Waals surface area contributed by atoms with Gasteiger partial charge < -0.3 is 14.8 Å². The second-order valence-electron chi connectivity index (χ2n) is 7.14. The summed E-state index contributed by atoms with van der Waals surface area (Å²) in [7, 11) is 0. The number of hydrogen-bond acceptors (Lipinski definition) is 4. The van der Waals surface area contributed by atoms with Crippen molar-refractivity contribution in [3.8, 4) is 5.75 Å². The fourth-order valence-corrected chi connectivity index (χ4v) is 2.41. The normalized spacial score (nSPS) is 11.2. The van der Waals surface area contributed by atoms with Gasteiger partial charge in [-0.15, -0.1) is 0 Å². The summed E-state index contributed by atoms with van der Waals surface area (Å²) in [6.07, 6.45) is 3.31. The van der Waals surface area contributed by atoms with Crippen molar-refractivity contribution in [2.75, 3.05) is 13.2 Å². The van der Waals surface area contributed by atoms with Gasteiger partial charge in [-0.05, 0) is 48.2 Å². The summed E-state index contributed by atoms with van der Waals surface area (Å²) in [4.78, 5) is 25.1. The molecule has 0 fully saturated rings. The summed E-state index contributed by atoms with van der Waals surface area (Å²) in [5.41, 5.74) is 1.34. The Morgan fingerprint density at radius 3 is 2.34 bits per heavy atom. The lowest BCUT2D eigenvalue weighted by Crippen LogP contribution is -2.28. The van der Waals surface area contributed by atoms with Gasteiger partial charge in [0.05, 0.1) is 13.2 Å². The average Bonchev–Trinajstić information content (AvgIpc) is 2.73. The van der Waals surface area contributed by atoms with Crippen LogP contribution >= 0.6 is 0 Å². The number of rotatable bonds is 10. The van der Waals surface area contributed by atoms with E-state index in [1.54, 1.807) is 30.3 Å². The molecule has 0 radical (unpaired) electrons. The van der Waals surface area contributed by atoms with E-state index in [0.29, 0.717) is 30.4 Å². The molecule has 2 aromatic carbocycles. The summed E-state index contributed by atoms with van der Waals surface area (Å²) in [5.74, 6) is 0.194. The molecule has 0 aliphatic heterocycles. The number of amides is 1. The van der Waals surface area contributed by atoms with E-state index in [2.05, 4.69) is 19.2 Å². The van der Waals surface area contributed by atoms with Crippen LogP contribution in [0.25, 0.3) is 6.08 Å². The Balaban J connectivity index is 2.11. The zero-order valence-electron chi connectivity index (χ0n) is 17.3. The largest absolute Gasteiger partial charge is 0.493 e. The summed E-state index contributed by atoms with van der Waals surface area (Å²) >= 11 is 0. The molecule has 2 rings (SSSR count). The highest BCUT2D eigenvalue weighted by molar-refractivity contribution is 6.03. The van der Waals surface area contributed by atoms with E-state index >= 15 is 0 Å². The third-order valence-electron chi connectivity index (χ3n) is 4.01. The van der Waals surface area contributed by atoms with E-state index in [9.17, 15) is 9.59 Å². The Morgan fingerprint density at radius 1 is 1.03 bits per heavy atom. The van der Waals surface area contributed by atoms with Gasteiger partial charge in [-0.3, -0.25) is 4.79 Å². The Labute approximate surface area is 172 Å². The summed E-state index contributed by atoms with van der Waals surface area (Å²) < 4.78 is 10.9. The molecule has 5 nitrogen and oxygen atoms in total. The molecule has 0 aromatic heterocycles. The maximum atomic E-state index is 12.7. The van der Waals surface area contributed by atoms with E-state index in [-0.39, 0.29) is 11.6 Å². The molecule has 0 spiro atoms. The number of carbonyl (C=O) groups excluding carboxylic acids is 2. The van der Waals surface area contributed by atoms with Gasteiger partial charge in [-0.2, -0.15) is 0 Å². The molecule has 2 aromatic rings. The predicted molar refractivity (Wildman–Crippen MR) is 115 cm³/mol. The highest BCUT2D eigenvalue weighted by Gasteiger charge is 2.16. The molecular weight excluding hydrogens is 366 g/mol. The molecule has 1 amide bonds. The fraction of sp³-hybridized carbons (Fsp3) is 0.333. The lowest BCUT2D eigenvalue weighted by molar-refractivity contribution is -0.139. The maximum absolute atomic E-state index is 12.7. The number of hydrogen-bond donors (Lipinski definition) is 1. The fourth-order valence-electron chi connectivity index (χ4n) is 2.41. The first kappa shape index (κ1) is 22.2. The minimum atomic E-state index is -0.549. The van der Waals surface area contributed by atoms with Gasteiger partial charge in [-0.25, -0.2) is 4.79 Å². The van der Waals surface area contributed by atoms with Crippen molar-refractivity contribution in [2.45, 2.75) is 33.6 Å². The second-order valence-corrected chi connectivity index (χ2v) is 7.14. The first-order valence-electron chi connectivity index (χ1n) is 9.97. The highest BCUT2D eigenvalue weighted by Crippen LogP contribution is 2.14. The zero-order chi connectivity index (χ0) is 21.1. The zero-order valence-corrected chi connectivity index (χ0v) is 17.3. The predicted octanol–water partition coefficient (Wildman–Crippen LogP) is 4.84. The first-order chi connectivity index (χ1) is 14.0. The van der Waals surface area contributed by atoms with E-state index in [4.69, 9.17) is 9.47 Å². The molecule has 0 aliphatic rings. The van der Waals surface area contributed by atoms with Crippen LogP contribution in [-0.2, 0) is 9.53 Å². The Kier molecular flexibility index (Phi) is 8.96. The van der Waals surface area contributed by atoms with Gasteiger partial charge in [0.2, 0.25) is 0 Å². The molecule has 154 valence electrons. The van der Waals surface area contributed by atoms with Gasteiger partial charge in [0.1, 0.15) is 11.4 Å². The van der Waals surface area contributed by atoms with Gasteiger partial charge in [0, 0.05) is 5.56 Å². The van der Waals surface area contributed by atoms with Crippen LogP contribution in [0.1, 0.15) is 49.5 Å². The number of nitrogens with one attached hydrogen (secondary N) is 1. The van der Waals surface area contributed by atoms with Gasteiger partial charge in [-0.1, -0.05) is 57.5 Å². The van der Waals surface area contributed by atoms with Crippen LogP contribution < -0.4 is 10.1 Å². The van der Waals surface area contributed by atoms with Gasteiger partial charge >= 0.3 is 5.97 Å². The first-order valence-corrected chi connectivity index (χ1v) is 9.97. The standard InChI is InChI=1S/C24H29NO4/c1-4-5-15-28-24(27)22(16-19-9-7-6-8-10-19)25-23(26)20-11-13-21(14-12-20)29-17-18(2)3/h6-14,16,18H,4-5,15,17H2,1-3H3,(H,25,26). The quantitative estimate of drug-likeness (QED) is 0.355. The molecule has 0 bridgehead atoms. The Hall–Kier alpha value is -3.08. The maximum Gasteiger partial charge on any atom is 0.354 e. The van der Waals surface area contributed by atoms with Gasteiger partial charge in [0.25, 0.3) is 5.91 Å². The molecule has 1 N–H and O–H groups in total. The van der Waals surface area contributed by atoms with Crippen molar-refractivity contribution in [3.05, 3.63) is 71.4 Å². The SMILES string of the molecule is CCCCOC(=O)C(=Cc1ccccc1)NC(=O)c1ccc(OCC(C)C)cc1. The summed E-state index contributed by atoms with van der Waals surface area (Å²) in [6, 6.07) is 16.2. The third-order valence-corrected chi connectivity index (χ3v) is 4.01. The molecule has 0 saturated carbocycles. The van der Waals surface area contributed by atoms with E-state index in [0.717, 1.165) is 18.4 Å². The molecule has 0 heterocycles. The minimum absolute atomic E-state index is 0.109. The lowest BCUT2D eigenvalue weighted by Gasteiger charge is -2.11. The van der Waals surface area contributed by atoms with Crippen LogP contribution in [0, 0.1) is 5.92 Å². The van der Waals surface area contributed by atoms with Gasteiger partial charge in [0.15, 0.2) is 0 Å². The molecule has 0 aliphatic carbocycles. The molecule has 29 heavy (non-hydrogen) atoms. The Bertz CT molecular complexity index is 811. The summed E-state index contributed by atoms with van der Waals surface area (Å²) in [5, 5.41) is 2.68. The van der Waals surface area contributed by atoms with Crippen molar-refractivity contribution >= 4 is 18.0 Å². The molecule has 5 heteroatoms. The van der Waals surface area contributed by atoms with Crippen molar-refractivity contribution in [1.82, 2.24) is 5.32 Å². The Morgan fingerprint density at radius 2 is 1.72 bits per heavy atom. The van der Waals surface area contributed by atoms with Crippen LogP contribution in [0.3, 0.4) is 0 Å². The van der Waals surface area contributed by atoms with Crippen LogP contribution in [0.15, 0.2) is 60.3 Å². The van der Waals surface area contributed by atoms with Crippen molar-refractivity contribution < 1.29 is 19.1 Å².